The first kappa shape index (κ1) is 25.9. The Bertz CT molecular complexity index is 1080. The van der Waals surface area contributed by atoms with Gasteiger partial charge in [0, 0.05) is 19.5 Å². The van der Waals surface area contributed by atoms with Gasteiger partial charge in [-0.1, -0.05) is 68.4 Å². The second kappa shape index (κ2) is 12.7. The van der Waals surface area contributed by atoms with Crippen LogP contribution in [0.2, 0.25) is 0 Å². The zero-order valence-electron chi connectivity index (χ0n) is 20.5. The molecule has 0 aliphatic heterocycles. The number of carbonyl (C=O) groups excluding carboxylic acids is 2. The first-order chi connectivity index (χ1) is 16.9. The highest BCUT2D eigenvalue weighted by Crippen LogP contribution is 2.18. The number of hydrogen-bond acceptors (Lipinski definition) is 3. The lowest BCUT2D eigenvalue weighted by Gasteiger charge is -2.32. The predicted octanol–water partition coefficient (Wildman–Crippen LogP) is 4.79. The van der Waals surface area contributed by atoms with E-state index in [2.05, 4.69) is 5.32 Å². The molecule has 3 rings (SSSR count). The van der Waals surface area contributed by atoms with Crippen molar-refractivity contribution in [1.29, 1.82) is 0 Å². The first-order valence-electron chi connectivity index (χ1n) is 11.8. The quantitative estimate of drug-likeness (QED) is 0.433. The van der Waals surface area contributed by atoms with E-state index in [0.29, 0.717) is 18.7 Å². The third-order valence-corrected chi connectivity index (χ3v) is 5.74. The van der Waals surface area contributed by atoms with Crippen LogP contribution >= 0.6 is 0 Å². The first-order valence-corrected chi connectivity index (χ1v) is 11.8. The van der Waals surface area contributed by atoms with E-state index in [0.717, 1.165) is 16.7 Å². The Morgan fingerprint density at radius 1 is 0.886 bits per heavy atom. The average molecular weight is 477 g/mol. The number of halogens is 1. The van der Waals surface area contributed by atoms with Crippen molar-refractivity contribution in [3.05, 3.63) is 101 Å². The van der Waals surface area contributed by atoms with Gasteiger partial charge in [-0.25, -0.2) is 4.39 Å². The van der Waals surface area contributed by atoms with Crippen molar-refractivity contribution in [1.82, 2.24) is 10.2 Å². The molecule has 0 aliphatic rings. The third-order valence-electron chi connectivity index (χ3n) is 5.74. The summed E-state index contributed by atoms with van der Waals surface area (Å²) in [4.78, 5) is 28.7. The Hall–Kier alpha value is -3.67. The van der Waals surface area contributed by atoms with Crippen molar-refractivity contribution in [2.75, 3.05) is 13.7 Å². The molecule has 2 amide bonds. The molecule has 0 radical (unpaired) electrons. The van der Waals surface area contributed by atoms with E-state index in [4.69, 9.17) is 4.74 Å². The molecule has 0 saturated heterocycles. The smallest absolute Gasteiger partial charge is 0.243 e. The molecule has 184 valence electrons. The summed E-state index contributed by atoms with van der Waals surface area (Å²) in [5.74, 6) is 0.254. The Kier molecular flexibility index (Phi) is 9.41. The normalized spacial score (nSPS) is 11.7. The number of hydrogen-bond donors (Lipinski definition) is 1. The number of benzene rings is 3. The summed E-state index contributed by atoms with van der Waals surface area (Å²) in [6, 6.07) is 22.3. The minimum atomic E-state index is -0.716. The van der Waals surface area contributed by atoms with Gasteiger partial charge in [0.05, 0.1) is 13.5 Å². The maximum Gasteiger partial charge on any atom is 0.243 e. The summed E-state index contributed by atoms with van der Waals surface area (Å²) >= 11 is 0. The molecule has 3 aromatic carbocycles. The Morgan fingerprint density at radius 2 is 1.51 bits per heavy atom. The van der Waals surface area contributed by atoms with Crippen LogP contribution in [0.4, 0.5) is 4.39 Å². The van der Waals surface area contributed by atoms with Crippen LogP contribution in [-0.4, -0.2) is 36.4 Å². The predicted molar refractivity (Wildman–Crippen MR) is 135 cm³/mol. The van der Waals surface area contributed by atoms with Crippen molar-refractivity contribution < 1.29 is 18.7 Å². The molecule has 1 atom stereocenters. The molecule has 5 nitrogen and oxygen atoms in total. The number of nitrogens with zero attached hydrogens (tertiary/aromatic N) is 1. The lowest BCUT2D eigenvalue weighted by molar-refractivity contribution is -0.140. The van der Waals surface area contributed by atoms with Gasteiger partial charge in [0.25, 0.3) is 0 Å². The van der Waals surface area contributed by atoms with Crippen LogP contribution in [0, 0.1) is 11.7 Å². The highest BCUT2D eigenvalue weighted by molar-refractivity contribution is 5.88. The maximum atomic E-state index is 13.7. The molecule has 0 saturated carbocycles. The summed E-state index contributed by atoms with van der Waals surface area (Å²) in [6.45, 7) is 4.76. The number of methoxy groups -OCH3 is 1. The van der Waals surface area contributed by atoms with Crippen LogP contribution in [0.3, 0.4) is 0 Å². The molecule has 0 bridgehead atoms. The van der Waals surface area contributed by atoms with Gasteiger partial charge in [-0.3, -0.25) is 9.59 Å². The molecular weight excluding hydrogens is 443 g/mol. The highest BCUT2D eigenvalue weighted by atomic mass is 19.1. The summed E-state index contributed by atoms with van der Waals surface area (Å²) in [5.41, 5.74) is 2.53. The zero-order chi connectivity index (χ0) is 25.2. The fourth-order valence-electron chi connectivity index (χ4n) is 3.78. The van der Waals surface area contributed by atoms with E-state index in [1.165, 1.54) is 12.1 Å². The minimum Gasteiger partial charge on any atom is -0.497 e. The van der Waals surface area contributed by atoms with E-state index < -0.39 is 6.04 Å². The van der Waals surface area contributed by atoms with E-state index in [1.807, 2.05) is 68.4 Å². The average Bonchev–Trinajstić information content (AvgIpc) is 2.86. The maximum absolute atomic E-state index is 13.7. The van der Waals surface area contributed by atoms with Gasteiger partial charge in [0.1, 0.15) is 17.6 Å². The van der Waals surface area contributed by atoms with Gasteiger partial charge >= 0.3 is 0 Å². The molecule has 0 aromatic heterocycles. The zero-order valence-corrected chi connectivity index (χ0v) is 20.5. The molecular formula is C29H33FN2O3. The molecule has 0 aliphatic carbocycles. The number of ether oxygens (including phenoxy) is 1. The van der Waals surface area contributed by atoms with E-state index in [-0.39, 0.29) is 36.5 Å². The van der Waals surface area contributed by atoms with Crippen molar-refractivity contribution >= 4 is 11.8 Å². The number of nitrogens with one attached hydrogen (secondary N) is 1. The summed E-state index contributed by atoms with van der Waals surface area (Å²) in [5, 5.41) is 3.00. The molecule has 35 heavy (non-hydrogen) atoms. The van der Waals surface area contributed by atoms with Crippen LogP contribution < -0.4 is 10.1 Å². The van der Waals surface area contributed by atoms with Gasteiger partial charge < -0.3 is 15.0 Å². The second-order valence-electron chi connectivity index (χ2n) is 9.02. The highest BCUT2D eigenvalue weighted by Gasteiger charge is 2.30. The SMILES string of the molecule is COc1ccc(CC(=O)N(Cc2ccc(F)cc2)C(Cc2ccccc2)C(=O)NCC(C)C)cc1. The van der Waals surface area contributed by atoms with Crippen LogP contribution in [0.15, 0.2) is 78.9 Å². The Balaban J connectivity index is 1.93. The summed E-state index contributed by atoms with van der Waals surface area (Å²) < 4.78 is 18.7. The molecule has 1 N–H and O–H groups in total. The lowest BCUT2D eigenvalue weighted by Crippen LogP contribution is -2.51. The van der Waals surface area contributed by atoms with Crippen LogP contribution in [0.25, 0.3) is 0 Å². The molecule has 0 fully saturated rings. The number of carbonyl (C=O) groups is 2. The Morgan fingerprint density at radius 3 is 2.11 bits per heavy atom. The fourth-order valence-corrected chi connectivity index (χ4v) is 3.78. The van der Waals surface area contributed by atoms with Gasteiger partial charge in [-0.05, 0) is 46.9 Å². The van der Waals surface area contributed by atoms with Crippen molar-refractivity contribution in [2.24, 2.45) is 5.92 Å². The molecule has 1 unspecified atom stereocenters. The van der Waals surface area contributed by atoms with Gasteiger partial charge in [-0.2, -0.15) is 0 Å². The van der Waals surface area contributed by atoms with E-state index >= 15 is 0 Å². The van der Waals surface area contributed by atoms with Crippen LogP contribution in [0.1, 0.15) is 30.5 Å². The largest absolute Gasteiger partial charge is 0.497 e. The number of rotatable bonds is 11. The van der Waals surface area contributed by atoms with Gasteiger partial charge in [-0.15, -0.1) is 0 Å². The van der Waals surface area contributed by atoms with E-state index in [1.54, 1.807) is 24.1 Å². The fraction of sp³-hybridized carbons (Fsp3) is 0.310. The second-order valence-corrected chi connectivity index (χ2v) is 9.02. The standard InChI is InChI=1S/C29H33FN2O3/c1-21(2)19-31-29(34)27(17-22-7-5-4-6-8-22)32(20-24-9-13-25(30)14-10-24)28(33)18-23-11-15-26(35-3)16-12-23/h4-16,21,27H,17-20H2,1-3H3,(H,31,34). The van der Waals surface area contributed by atoms with Crippen molar-refractivity contribution in [3.8, 4) is 5.75 Å². The van der Waals surface area contributed by atoms with Gasteiger partial charge in [0.15, 0.2) is 0 Å². The molecule has 6 heteroatoms. The molecule has 0 spiro atoms. The van der Waals surface area contributed by atoms with Crippen LogP contribution in [-0.2, 0) is 29.0 Å². The summed E-state index contributed by atoms with van der Waals surface area (Å²) in [6.07, 6.45) is 0.508. The monoisotopic (exact) mass is 476 g/mol. The third kappa shape index (κ3) is 7.95. The van der Waals surface area contributed by atoms with Crippen molar-refractivity contribution in [2.45, 2.75) is 39.3 Å². The van der Waals surface area contributed by atoms with Crippen LogP contribution in [0.5, 0.6) is 5.75 Å². The Labute approximate surface area is 206 Å². The topological polar surface area (TPSA) is 58.6 Å². The number of amides is 2. The molecule has 0 heterocycles. The molecule has 3 aromatic rings. The van der Waals surface area contributed by atoms with Gasteiger partial charge in [0.2, 0.25) is 11.8 Å². The minimum absolute atomic E-state index is 0.133. The van der Waals surface area contributed by atoms with Crippen molar-refractivity contribution in [3.63, 3.8) is 0 Å². The lowest BCUT2D eigenvalue weighted by atomic mass is 10.0. The van der Waals surface area contributed by atoms with E-state index in [9.17, 15) is 14.0 Å². The summed E-state index contributed by atoms with van der Waals surface area (Å²) in [7, 11) is 1.59.